The molecule has 6 aromatic rings. The fourth-order valence-corrected chi connectivity index (χ4v) is 8.20. The summed E-state index contributed by atoms with van der Waals surface area (Å²) in [5.41, 5.74) is 7.92. The second-order valence-electron chi connectivity index (χ2n) is 17.3. The molecule has 3 aromatic heterocycles. The van der Waals surface area contributed by atoms with Crippen LogP contribution in [0, 0.1) is 29.2 Å². The van der Waals surface area contributed by atoms with Gasteiger partial charge in [0.25, 0.3) is 0 Å². The molecule has 0 amide bonds. The summed E-state index contributed by atoms with van der Waals surface area (Å²) in [5, 5.41) is 16.4. The van der Waals surface area contributed by atoms with Crippen LogP contribution >= 0.6 is 0 Å². The van der Waals surface area contributed by atoms with Crippen molar-refractivity contribution in [1.82, 2.24) is 14.4 Å². The van der Waals surface area contributed by atoms with Gasteiger partial charge in [-0.2, -0.15) is 0 Å². The predicted molar refractivity (Wildman–Crippen MR) is 217 cm³/mol. The number of carbonyl (C=O) groups excluding carboxylic acids is 1. The zero-order valence-corrected chi connectivity index (χ0v) is 36.6. The minimum atomic E-state index is -1.54. The zero-order chi connectivity index (χ0) is 37.0. The van der Waals surface area contributed by atoms with Crippen LogP contribution in [0.3, 0.4) is 0 Å². The van der Waals surface area contributed by atoms with Crippen LogP contribution in [-0.2, 0) is 31.3 Å². The summed E-state index contributed by atoms with van der Waals surface area (Å²) in [6, 6.07) is 17.7. The van der Waals surface area contributed by atoms with E-state index in [0.29, 0.717) is 0 Å². The van der Waals surface area contributed by atoms with Gasteiger partial charge in [-0.05, 0) is 72.2 Å². The van der Waals surface area contributed by atoms with E-state index in [9.17, 15) is 9.90 Å². The minimum absolute atomic E-state index is 0. The molecule has 0 saturated heterocycles. The van der Waals surface area contributed by atoms with Gasteiger partial charge in [0.2, 0.25) is 0 Å². The Hall–Kier alpha value is -3.12. The van der Waals surface area contributed by atoms with E-state index in [1.807, 2.05) is 41.5 Å². The van der Waals surface area contributed by atoms with Crippen LogP contribution in [0.5, 0.6) is 0 Å². The summed E-state index contributed by atoms with van der Waals surface area (Å²) in [6.07, 6.45) is 7.53. The van der Waals surface area contributed by atoms with E-state index in [1.54, 1.807) is 6.33 Å². The summed E-state index contributed by atoms with van der Waals surface area (Å²) < 4.78 is 2.46. The second-order valence-corrected chi connectivity index (χ2v) is 22.4. The number of fused-ring (bicyclic) bond motifs is 5. The molecule has 6 rings (SSSR count). The van der Waals surface area contributed by atoms with Gasteiger partial charge in [0, 0.05) is 58.9 Å². The molecule has 3 aromatic carbocycles. The Kier molecular flexibility index (Phi) is 11.7. The number of aryl methyl sites for hydroxylation is 1. The maximum absolute atomic E-state index is 12.2. The third-order valence-corrected chi connectivity index (χ3v) is 13.4. The third kappa shape index (κ3) is 7.68. The number of rotatable bonds is 9. The molecule has 275 valence electrons. The van der Waals surface area contributed by atoms with Crippen molar-refractivity contribution in [2.75, 3.05) is 0 Å². The number of aliphatic hydroxyl groups is 1. The Morgan fingerprint density at radius 1 is 0.863 bits per heavy atom. The molecule has 3 heterocycles. The van der Waals surface area contributed by atoms with Gasteiger partial charge in [-0.3, -0.25) is 9.78 Å². The number of ketones is 1. The van der Waals surface area contributed by atoms with E-state index < -0.39 is 8.07 Å². The monoisotopic (exact) mass is 881 g/mol. The normalized spacial score (nSPS) is 13.3. The van der Waals surface area contributed by atoms with Crippen molar-refractivity contribution < 1.29 is 30.0 Å². The molecule has 0 aliphatic heterocycles. The fourth-order valence-electron chi connectivity index (χ4n) is 7.06. The van der Waals surface area contributed by atoms with Crippen molar-refractivity contribution in [3.8, 4) is 0 Å². The molecule has 0 saturated carbocycles. The number of nitrogens with zero attached hydrogens (tertiary/aromatic N) is 3. The van der Waals surface area contributed by atoms with Gasteiger partial charge in [0.1, 0.15) is 12.1 Å². The number of hydrogen-bond acceptors (Lipinski definition) is 4. The Labute approximate surface area is 320 Å². The first-order chi connectivity index (χ1) is 23.3. The molecule has 0 spiro atoms. The maximum Gasteiger partial charge on any atom is 0.164 e. The molecule has 0 bridgehead atoms. The van der Waals surface area contributed by atoms with E-state index in [-0.39, 0.29) is 47.9 Å². The Morgan fingerprint density at radius 3 is 2.06 bits per heavy atom. The van der Waals surface area contributed by atoms with Crippen LogP contribution in [0.15, 0.2) is 54.6 Å². The van der Waals surface area contributed by atoms with Gasteiger partial charge in [-0.1, -0.05) is 117 Å². The number of hydrogen-bond donors (Lipinski definition) is 1. The summed E-state index contributed by atoms with van der Waals surface area (Å²) in [7, 11) is -1.54. The van der Waals surface area contributed by atoms with Crippen LogP contribution < -0.4 is 5.19 Å². The average Bonchev–Trinajstić information content (AvgIpc) is 3.38. The fraction of sp³-hybridized carbons (Fsp3) is 0.477. The van der Waals surface area contributed by atoms with Gasteiger partial charge in [0.05, 0.1) is 13.6 Å². The van der Waals surface area contributed by atoms with Crippen molar-refractivity contribution in [3.63, 3.8) is 0 Å². The van der Waals surface area contributed by atoms with Gasteiger partial charge >= 0.3 is 0 Å². The standard InChI is InChI=1S/C29H30N3Si.C15H28O2.Ir/c1-17-10-21-20-12-18(15-29(2,3)4)8-9-24(20)32-25-14-19(33(5,6)7)13-23-26(25)27(31-16-30-23)22(11-17)28(21)32;1-7-14(5,8-2)12(16)11-13(17)15(6,9-3)10-4;/h8-10,12-14,16H,15H2,1-7H3;11,16H,7-10H2,1-6H3;/q-1;;/b;12-11-;. The summed E-state index contributed by atoms with van der Waals surface area (Å²) >= 11 is 0. The van der Waals surface area contributed by atoms with Gasteiger partial charge in [-0.25, -0.2) is 4.98 Å². The number of aliphatic hydroxyl groups excluding tert-OH is 1. The molecule has 51 heavy (non-hydrogen) atoms. The summed E-state index contributed by atoms with van der Waals surface area (Å²) in [5.74, 6) is 0.286. The largest absolute Gasteiger partial charge is 0.512 e. The summed E-state index contributed by atoms with van der Waals surface area (Å²) in [4.78, 5) is 21.7. The van der Waals surface area contributed by atoms with E-state index in [1.165, 1.54) is 44.1 Å². The summed E-state index contributed by atoms with van der Waals surface area (Å²) in [6.45, 7) is 28.3. The molecule has 0 aliphatic carbocycles. The number of benzene rings is 3. The quantitative estimate of drug-likeness (QED) is 0.0392. The number of allylic oxidation sites excluding steroid dienone is 2. The van der Waals surface area contributed by atoms with E-state index in [4.69, 9.17) is 9.97 Å². The van der Waals surface area contributed by atoms with Crippen molar-refractivity contribution in [2.45, 2.75) is 121 Å². The topological polar surface area (TPSA) is 67.5 Å². The van der Waals surface area contributed by atoms with E-state index >= 15 is 0 Å². The van der Waals surface area contributed by atoms with Crippen molar-refractivity contribution >= 4 is 68.2 Å². The smallest absolute Gasteiger partial charge is 0.164 e. The third-order valence-electron chi connectivity index (χ3n) is 11.4. The Morgan fingerprint density at radius 2 is 1.49 bits per heavy atom. The first-order valence-electron chi connectivity index (χ1n) is 18.6. The van der Waals surface area contributed by atoms with E-state index in [0.717, 1.165) is 59.5 Å². The molecule has 5 nitrogen and oxygen atoms in total. The Balaban J connectivity index is 0.000000279. The molecule has 1 N–H and O–H groups in total. The maximum atomic E-state index is 12.2. The molecule has 0 atom stereocenters. The van der Waals surface area contributed by atoms with Crippen LogP contribution in [0.4, 0.5) is 0 Å². The molecule has 1 radical (unpaired) electrons. The first kappa shape index (κ1) is 40.6. The van der Waals surface area contributed by atoms with Gasteiger partial charge in [-0.15, -0.1) is 17.7 Å². The molecule has 0 unspecified atom stereocenters. The van der Waals surface area contributed by atoms with Crippen molar-refractivity contribution in [2.24, 2.45) is 16.2 Å². The van der Waals surface area contributed by atoms with Gasteiger partial charge < -0.3 is 9.51 Å². The van der Waals surface area contributed by atoms with Crippen molar-refractivity contribution in [3.05, 3.63) is 71.8 Å². The van der Waals surface area contributed by atoms with Crippen LogP contribution in [0.1, 0.15) is 99.1 Å². The Bertz CT molecular complexity index is 2230. The SMILES string of the molecule is CCC(C)(CC)C(=O)/C=C(\O)C(C)(CC)CC.Cc1[c-]c2c3ncnc4cc([Si](C)(C)C)cc(c43)n3c4ccc(CC(C)(C)C)cc4c(c1)c23.[Ir]. The van der Waals surface area contributed by atoms with Crippen LogP contribution in [-0.4, -0.2) is 33.3 Å². The average molecular weight is 881 g/mol. The number of pyridine rings is 1. The molecule has 0 aliphatic rings. The molecular formula is C44H58IrN3O2Si-. The number of aromatic nitrogens is 3. The molecular weight excluding hydrogens is 823 g/mol. The molecule has 0 fully saturated rings. The van der Waals surface area contributed by atoms with Crippen LogP contribution in [0.25, 0.3) is 49.1 Å². The van der Waals surface area contributed by atoms with E-state index in [2.05, 4.69) is 94.2 Å². The minimum Gasteiger partial charge on any atom is -0.512 e. The number of carbonyl (C=O) groups is 1. The second kappa shape index (κ2) is 14.7. The van der Waals surface area contributed by atoms with Gasteiger partial charge in [0.15, 0.2) is 5.78 Å². The van der Waals surface area contributed by atoms with Crippen molar-refractivity contribution in [1.29, 1.82) is 0 Å². The zero-order valence-electron chi connectivity index (χ0n) is 33.2. The first-order valence-corrected chi connectivity index (χ1v) is 22.1. The van der Waals surface area contributed by atoms with Crippen LogP contribution in [0.2, 0.25) is 19.6 Å². The predicted octanol–water partition coefficient (Wildman–Crippen LogP) is 11.7. The molecule has 7 heteroatoms.